The van der Waals surface area contributed by atoms with Crippen LogP contribution in [-0.4, -0.2) is 34.5 Å². The molecule has 0 aliphatic carbocycles. The molecule has 0 amide bonds. The average molecular weight is 417 g/mol. The quantitative estimate of drug-likeness (QED) is 0.636. The molecule has 0 radical (unpaired) electrons. The molecule has 0 unspecified atom stereocenters. The number of para-hydroxylation sites is 2. The highest BCUT2D eigenvalue weighted by atomic mass is 28.4. The third-order valence-corrected chi connectivity index (χ3v) is 10.9. The van der Waals surface area contributed by atoms with E-state index in [0.717, 1.165) is 31.9 Å². The van der Waals surface area contributed by atoms with E-state index in [4.69, 9.17) is 4.43 Å². The highest BCUT2D eigenvalue weighted by Gasteiger charge is 2.52. The largest absolute Gasteiger partial charge is 0.533 e. The van der Waals surface area contributed by atoms with Crippen molar-refractivity contribution in [3.63, 3.8) is 0 Å². The summed E-state index contributed by atoms with van der Waals surface area (Å²) in [5, 5.41) is 6.01. The lowest BCUT2D eigenvalue weighted by molar-refractivity contribution is 0.502. The van der Waals surface area contributed by atoms with Crippen molar-refractivity contribution in [3.8, 4) is 5.75 Å². The van der Waals surface area contributed by atoms with Crippen molar-refractivity contribution in [2.24, 2.45) is 0 Å². The van der Waals surface area contributed by atoms with Crippen molar-refractivity contribution < 1.29 is 4.43 Å². The normalized spacial score (nSPS) is 15.1. The first kappa shape index (κ1) is 20.7. The van der Waals surface area contributed by atoms with E-state index in [-0.39, 0.29) is 5.04 Å². The molecule has 1 saturated heterocycles. The van der Waals surface area contributed by atoms with E-state index in [9.17, 15) is 0 Å². The Labute approximate surface area is 181 Å². The SMILES string of the molecule is CC(C)(C)[Si](Oc1ccccc1N1CCNCC1)(c1ccccc1)c1ccccc1. The number of hydrogen-bond donors (Lipinski definition) is 1. The van der Waals surface area contributed by atoms with E-state index in [1.807, 2.05) is 0 Å². The predicted octanol–water partition coefficient (Wildman–Crippen LogP) is 4.04. The highest BCUT2D eigenvalue weighted by molar-refractivity contribution is 7.00. The molecule has 0 saturated carbocycles. The Bertz CT molecular complexity index is 908. The lowest BCUT2D eigenvalue weighted by Gasteiger charge is -2.44. The minimum absolute atomic E-state index is 0.0493. The van der Waals surface area contributed by atoms with Crippen LogP contribution in [0.3, 0.4) is 0 Å². The fraction of sp³-hybridized carbons (Fsp3) is 0.308. The van der Waals surface area contributed by atoms with E-state index in [1.165, 1.54) is 16.1 Å². The molecular formula is C26H32N2OSi. The molecule has 0 aromatic heterocycles. The molecule has 3 nitrogen and oxygen atoms in total. The minimum Gasteiger partial charge on any atom is -0.533 e. The number of anilines is 1. The number of nitrogens with one attached hydrogen (secondary N) is 1. The van der Waals surface area contributed by atoms with E-state index in [0.29, 0.717) is 0 Å². The Balaban J connectivity index is 1.88. The Hall–Kier alpha value is -2.56. The Morgan fingerprint density at radius 3 is 1.77 bits per heavy atom. The second kappa shape index (κ2) is 8.66. The van der Waals surface area contributed by atoms with Crippen molar-refractivity contribution in [2.45, 2.75) is 25.8 Å². The van der Waals surface area contributed by atoms with Gasteiger partial charge in [-0.25, -0.2) is 0 Å². The van der Waals surface area contributed by atoms with Gasteiger partial charge in [0.1, 0.15) is 5.75 Å². The minimum atomic E-state index is -2.63. The Morgan fingerprint density at radius 2 is 1.23 bits per heavy atom. The van der Waals surface area contributed by atoms with Crippen molar-refractivity contribution in [2.75, 3.05) is 31.1 Å². The molecule has 1 aliphatic rings. The summed E-state index contributed by atoms with van der Waals surface area (Å²) in [6, 6.07) is 30.3. The highest BCUT2D eigenvalue weighted by Crippen LogP contribution is 2.40. The number of benzene rings is 3. The standard InChI is InChI=1S/C26H32N2OSi/c1-26(2,3)30(22-12-6-4-7-13-22,23-14-8-5-9-15-23)29-25-17-11-10-16-24(25)28-20-18-27-19-21-28/h4-17,27H,18-21H2,1-3H3. The van der Waals surface area contributed by atoms with Gasteiger partial charge in [-0.15, -0.1) is 0 Å². The third kappa shape index (κ3) is 3.90. The fourth-order valence-electron chi connectivity index (χ4n) is 4.52. The summed E-state index contributed by atoms with van der Waals surface area (Å²) in [6.45, 7) is 11.0. The van der Waals surface area contributed by atoms with Gasteiger partial charge in [0.25, 0.3) is 0 Å². The zero-order valence-corrected chi connectivity index (χ0v) is 19.3. The van der Waals surface area contributed by atoms with E-state index in [1.54, 1.807) is 0 Å². The molecule has 0 bridgehead atoms. The van der Waals surface area contributed by atoms with E-state index < -0.39 is 8.32 Å². The van der Waals surface area contributed by atoms with Crippen LogP contribution in [0.15, 0.2) is 84.9 Å². The summed E-state index contributed by atoms with van der Waals surface area (Å²) in [4.78, 5) is 2.45. The maximum atomic E-state index is 7.30. The molecule has 1 aliphatic heterocycles. The average Bonchev–Trinajstić information content (AvgIpc) is 2.79. The van der Waals surface area contributed by atoms with Gasteiger partial charge in [-0.2, -0.15) is 0 Å². The molecule has 30 heavy (non-hydrogen) atoms. The van der Waals surface area contributed by atoms with Gasteiger partial charge in [0.05, 0.1) is 5.69 Å². The summed E-state index contributed by atoms with van der Waals surface area (Å²) in [7, 11) is -2.63. The van der Waals surface area contributed by atoms with Crippen LogP contribution in [0.5, 0.6) is 5.75 Å². The molecule has 1 heterocycles. The second-order valence-electron chi connectivity index (χ2n) is 8.97. The molecule has 0 spiro atoms. The molecule has 0 atom stereocenters. The van der Waals surface area contributed by atoms with Crippen LogP contribution in [0.25, 0.3) is 0 Å². The Morgan fingerprint density at radius 1 is 0.733 bits per heavy atom. The summed E-state index contributed by atoms with van der Waals surface area (Å²) in [5.41, 5.74) is 1.20. The van der Waals surface area contributed by atoms with Gasteiger partial charge >= 0.3 is 8.32 Å². The lowest BCUT2D eigenvalue weighted by atomic mass is 10.2. The number of hydrogen-bond acceptors (Lipinski definition) is 3. The topological polar surface area (TPSA) is 24.5 Å². The first-order chi connectivity index (χ1) is 14.5. The Kier molecular flexibility index (Phi) is 5.98. The molecule has 3 aromatic rings. The molecule has 1 N–H and O–H groups in total. The fourth-order valence-corrected chi connectivity index (χ4v) is 8.96. The first-order valence-electron chi connectivity index (χ1n) is 10.9. The monoisotopic (exact) mass is 416 g/mol. The maximum Gasteiger partial charge on any atom is 0.320 e. The van der Waals surface area contributed by atoms with Crippen LogP contribution >= 0.6 is 0 Å². The summed E-state index contributed by atoms with van der Waals surface area (Å²) in [5.74, 6) is 0.994. The van der Waals surface area contributed by atoms with Crippen LogP contribution in [0.4, 0.5) is 5.69 Å². The smallest absolute Gasteiger partial charge is 0.320 e. The van der Waals surface area contributed by atoms with E-state index >= 15 is 0 Å². The van der Waals surface area contributed by atoms with Gasteiger partial charge in [0.15, 0.2) is 0 Å². The summed E-state index contributed by atoms with van der Waals surface area (Å²) in [6.07, 6.45) is 0. The van der Waals surface area contributed by atoms with Crippen LogP contribution in [0.1, 0.15) is 20.8 Å². The van der Waals surface area contributed by atoms with Crippen molar-refractivity contribution in [1.29, 1.82) is 0 Å². The molecule has 156 valence electrons. The maximum absolute atomic E-state index is 7.30. The molecule has 4 heteroatoms. The predicted molar refractivity (Wildman–Crippen MR) is 130 cm³/mol. The molecular weight excluding hydrogens is 384 g/mol. The van der Waals surface area contributed by atoms with Crippen LogP contribution in [-0.2, 0) is 0 Å². The van der Waals surface area contributed by atoms with Crippen LogP contribution in [0.2, 0.25) is 5.04 Å². The molecule has 3 aromatic carbocycles. The van der Waals surface area contributed by atoms with E-state index in [2.05, 4.69) is 116 Å². The van der Waals surface area contributed by atoms with Gasteiger partial charge in [0.2, 0.25) is 0 Å². The van der Waals surface area contributed by atoms with Crippen LogP contribution in [0, 0.1) is 0 Å². The zero-order chi connectivity index (χ0) is 21.0. The first-order valence-corrected chi connectivity index (χ1v) is 12.8. The summed E-state index contributed by atoms with van der Waals surface area (Å²) < 4.78 is 7.30. The van der Waals surface area contributed by atoms with Gasteiger partial charge in [-0.1, -0.05) is 93.6 Å². The van der Waals surface area contributed by atoms with Gasteiger partial charge < -0.3 is 14.6 Å². The third-order valence-electron chi connectivity index (χ3n) is 6.00. The lowest BCUT2D eigenvalue weighted by Crippen LogP contribution is -2.69. The number of piperazine rings is 1. The van der Waals surface area contributed by atoms with Gasteiger partial charge in [0, 0.05) is 26.2 Å². The number of nitrogens with zero attached hydrogens (tertiary/aromatic N) is 1. The number of rotatable bonds is 5. The molecule has 1 fully saturated rings. The summed E-state index contributed by atoms with van der Waals surface area (Å²) >= 11 is 0. The second-order valence-corrected chi connectivity index (χ2v) is 13.2. The van der Waals surface area contributed by atoms with Crippen LogP contribution < -0.4 is 25.0 Å². The zero-order valence-electron chi connectivity index (χ0n) is 18.3. The van der Waals surface area contributed by atoms with Gasteiger partial charge in [-0.05, 0) is 27.5 Å². The van der Waals surface area contributed by atoms with Crippen molar-refractivity contribution in [3.05, 3.63) is 84.9 Å². The molecule has 4 rings (SSSR count). The van der Waals surface area contributed by atoms with Gasteiger partial charge in [-0.3, -0.25) is 0 Å². The van der Waals surface area contributed by atoms with Crippen molar-refractivity contribution in [1.82, 2.24) is 5.32 Å². The van der Waals surface area contributed by atoms with Crippen molar-refractivity contribution >= 4 is 24.4 Å².